The van der Waals surface area contributed by atoms with E-state index in [-0.39, 0.29) is 0 Å². The molecule has 0 radical (unpaired) electrons. The third-order valence-corrected chi connectivity index (χ3v) is 2.18. The Morgan fingerprint density at radius 3 is 2.57 bits per heavy atom. The molecule has 4 nitrogen and oxygen atoms in total. The monoisotopic (exact) mass is 200 g/mol. The molecule has 0 fully saturated rings. The van der Waals surface area contributed by atoms with Crippen molar-refractivity contribution in [3.8, 4) is 6.07 Å². The molecule has 0 saturated heterocycles. The number of ether oxygens (including phenoxy) is 2. The van der Waals surface area contributed by atoms with Gasteiger partial charge in [0.1, 0.15) is 5.54 Å². The number of nitrogens with zero attached hydrogens (tertiary/aromatic N) is 1. The maximum Gasteiger partial charge on any atom is 0.105 e. The van der Waals surface area contributed by atoms with E-state index in [9.17, 15) is 0 Å². The van der Waals surface area contributed by atoms with Crippen molar-refractivity contribution in [3.05, 3.63) is 0 Å². The van der Waals surface area contributed by atoms with E-state index in [1.807, 2.05) is 6.92 Å². The summed E-state index contributed by atoms with van der Waals surface area (Å²) >= 11 is 0. The van der Waals surface area contributed by atoms with Gasteiger partial charge in [-0.2, -0.15) is 5.26 Å². The molecule has 1 N–H and O–H groups in total. The van der Waals surface area contributed by atoms with Crippen molar-refractivity contribution < 1.29 is 9.47 Å². The van der Waals surface area contributed by atoms with Gasteiger partial charge >= 0.3 is 0 Å². The molecular formula is C10H20N2O2. The van der Waals surface area contributed by atoms with Crippen LogP contribution in [-0.2, 0) is 9.47 Å². The molecule has 0 aliphatic rings. The van der Waals surface area contributed by atoms with Crippen LogP contribution in [0.2, 0.25) is 0 Å². The molecule has 0 bridgehead atoms. The van der Waals surface area contributed by atoms with Gasteiger partial charge in [-0.05, 0) is 20.4 Å². The van der Waals surface area contributed by atoms with Crippen LogP contribution in [0.3, 0.4) is 0 Å². The van der Waals surface area contributed by atoms with Crippen LogP contribution in [0.25, 0.3) is 0 Å². The second-order valence-corrected chi connectivity index (χ2v) is 3.40. The second kappa shape index (κ2) is 7.74. The molecule has 0 aliphatic carbocycles. The lowest BCUT2D eigenvalue weighted by molar-refractivity contribution is 0.0934. The lowest BCUT2D eigenvalue weighted by atomic mass is 10.0. The van der Waals surface area contributed by atoms with Gasteiger partial charge in [-0.25, -0.2) is 0 Å². The third kappa shape index (κ3) is 5.92. The van der Waals surface area contributed by atoms with Crippen LogP contribution in [0.15, 0.2) is 0 Å². The highest BCUT2D eigenvalue weighted by Crippen LogP contribution is 2.06. The van der Waals surface area contributed by atoms with Gasteiger partial charge in [-0.15, -0.1) is 0 Å². The summed E-state index contributed by atoms with van der Waals surface area (Å²) in [5.41, 5.74) is -0.471. The number of methoxy groups -OCH3 is 1. The smallest absolute Gasteiger partial charge is 0.105 e. The average Bonchev–Trinajstić information content (AvgIpc) is 2.23. The van der Waals surface area contributed by atoms with Crippen molar-refractivity contribution in [3.63, 3.8) is 0 Å². The summed E-state index contributed by atoms with van der Waals surface area (Å²) < 4.78 is 10.3. The first-order valence-electron chi connectivity index (χ1n) is 4.85. The Bertz CT molecular complexity index is 179. The first-order chi connectivity index (χ1) is 6.68. The fourth-order valence-electron chi connectivity index (χ4n) is 0.920. The van der Waals surface area contributed by atoms with Crippen molar-refractivity contribution in [1.29, 1.82) is 5.26 Å². The minimum absolute atomic E-state index is 0.471. The van der Waals surface area contributed by atoms with E-state index in [1.165, 1.54) is 0 Å². The normalized spacial score (nSPS) is 14.7. The van der Waals surface area contributed by atoms with E-state index in [0.29, 0.717) is 19.6 Å². The highest BCUT2D eigenvalue weighted by molar-refractivity contribution is 5.02. The molecule has 0 aromatic heterocycles. The zero-order chi connectivity index (χ0) is 10.9. The van der Waals surface area contributed by atoms with Gasteiger partial charge < -0.3 is 14.8 Å². The number of nitriles is 1. The molecule has 82 valence electrons. The van der Waals surface area contributed by atoms with Crippen LogP contribution >= 0.6 is 0 Å². The van der Waals surface area contributed by atoms with Gasteiger partial charge in [0, 0.05) is 33.4 Å². The topological polar surface area (TPSA) is 54.3 Å². The Balaban J connectivity index is 3.40. The second-order valence-electron chi connectivity index (χ2n) is 3.40. The van der Waals surface area contributed by atoms with E-state index < -0.39 is 5.54 Å². The van der Waals surface area contributed by atoms with Gasteiger partial charge in [-0.3, -0.25) is 0 Å². The number of hydrogen-bond donors (Lipinski definition) is 1. The lowest BCUT2D eigenvalue weighted by Gasteiger charge is -2.20. The number of hydrogen-bond acceptors (Lipinski definition) is 4. The standard InChI is InChI=1S/C10H20N2O2/c1-10(9-11,12-2)5-8-14-7-4-6-13-3/h12H,4-8H2,1-3H3. The molecule has 0 rings (SSSR count). The summed E-state index contributed by atoms with van der Waals surface area (Å²) in [6.45, 7) is 3.89. The Kier molecular flexibility index (Phi) is 7.40. The predicted octanol–water partition coefficient (Wildman–Crippen LogP) is 0.931. The summed E-state index contributed by atoms with van der Waals surface area (Å²) in [5.74, 6) is 0. The van der Waals surface area contributed by atoms with Crippen molar-refractivity contribution in [1.82, 2.24) is 5.32 Å². The van der Waals surface area contributed by atoms with Crippen molar-refractivity contribution in [2.24, 2.45) is 0 Å². The Morgan fingerprint density at radius 1 is 1.36 bits per heavy atom. The number of rotatable bonds is 8. The quantitative estimate of drug-likeness (QED) is 0.592. The summed E-state index contributed by atoms with van der Waals surface area (Å²) in [6, 6.07) is 2.21. The maximum atomic E-state index is 8.84. The van der Waals surface area contributed by atoms with Crippen LogP contribution in [0.4, 0.5) is 0 Å². The van der Waals surface area contributed by atoms with Crippen molar-refractivity contribution in [2.75, 3.05) is 34.0 Å². The number of nitrogens with one attached hydrogen (secondary N) is 1. The van der Waals surface area contributed by atoms with Gasteiger partial charge in [0.15, 0.2) is 0 Å². The Morgan fingerprint density at radius 2 is 2.07 bits per heavy atom. The minimum atomic E-state index is -0.471. The molecular weight excluding hydrogens is 180 g/mol. The molecule has 4 heteroatoms. The molecule has 0 aromatic rings. The van der Waals surface area contributed by atoms with Crippen LogP contribution in [0.5, 0.6) is 0 Å². The Labute approximate surface area is 86.2 Å². The SMILES string of the molecule is CNC(C)(C#N)CCOCCCOC. The zero-order valence-electron chi connectivity index (χ0n) is 9.30. The molecule has 1 atom stereocenters. The van der Waals surface area contributed by atoms with E-state index in [0.717, 1.165) is 13.0 Å². The average molecular weight is 200 g/mol. The molecule has 0 saturated carbocycles. The zero-order valence-corrected chi connectivity index (χ0v) is 9.30. The molecule has 0 aromatic carbocycles. The maximum absolute atomic E-state index is 8.84. The predicted molar refractivity (Wildman–Crippen MR) is 55.0 cm³/mol. The van der Waals surface area contributed by atoms with E-state index in [4.69, 9.17) is 14.7 Å². The molecule has 14 heavy (non-hydrogen) atoms. The first-order valence-corrected chi connectivity index (χ1v) is 4.85. The first kappa shape index (κ1) is 13.4. The van der Waals surface area contributed by atoms with Gasteiger partial charge in [-0.1, -0.05) is 0 Å². The lowest BCUT2D eigenvalue weighted by Crippen LogP contribution is -2.39. The minimum Gasteiger partial charge on any atom is -0.385 e. The van der Waals surface area contributed by atoms with Gasteiger partial charge in [0.05, 0.1) is 6.07 Å². The molecule has 0 aliphatic heterocycles. The van der Waals surface area contributed by atoms with E-state index in [1.54, 1.807) is 14.2 Å². The summed E-state index contributed by atoms with van der Waals surface area (Å²) in [4.78, 5) is 0. The molecule has 1 unspecified atom stereocenters. The fourth-order valence-corrected chi connectivity index (χ4v) is 0.920. The van der Waals surface area contributed by atoms with Gasteiger partial charge in [0.25, 0.3) is 0 Å². The highest BCUT2D eigenvalue weighted by atomic mass is 16.5. The fraction of sp³-hybridized carbons (Fsp3) is 0.900. The van der Waals surface area contributed by atoms with E-state index in [2.05, 4.69) is 11.4 Å². The van der Waals surface area contributed by atoms with Crippen LogP contribution in [0, 0.1) is 11.3 Å². The molecule has 0 spiro atoms. The van der Waals surface area contributed by atoms with Crippen LogP contribution in [-0.4, -0.2) is 39.5 Å². The van der Waals surface area contributed by atoms with Crippen molar-refractivity contribution >= 4 is 0 Å². The van der Waals surface area contributed by atoms with E-state index >= 15 is 0 Å². The largest absolute Gasteiger partial charge is 0.385 e. The Hall–Kier alpha value is -0.630. The van der Waals surface area contributed by atoms with Crippen LogP contribution < -0.4 is 5.32 Å². The highest BCUT2D eigenvalue weighted by Gasteiger charge is 2.20. The summed E-state index contributed by atoms with van der Waals surface area (Å²) in [6.07, 6.45) is 1.60. The summed E-state index contributed by atoms with van der Waals surface area (Å²) in [7, 11) is 3.46. The third-order valence-electron chi connectivity index (χ3n) is 2.18. The van der Waals surface area contributed by atoms with Gasteiger partial charge in [0.2, 0.25) is 0 Å². The van der Waals surface area contributed by atoms with Crippen LogP contribution in [0.1, 0.15) is 19.8 Å². The molecule has 0 amide bonds. The summed E-state index contributed by atoms with van der Waals surface area (Å²) in [5, 5.41) is 11.8. The molecule has 0 heterocycles. The van der Waals surface area contributed by atoms with Crippen molar-refractivity contribution in [2.45, 2.75) is 25.3 Å².